The standard InChI is InChI=1S/C25H32N2O3/c1-3-16-27(24(28)19-30-23-13-9-8-10-20(23)4-2)22-14-17-26(18-15-22)25(29)21-11-6-5-7-12-21/h5-13,22H,3-4,14-19H2,1-2H3. The lowest BCUT2D eigenvalue weighted by atomic mass is 10.0. The summed E-state index contributed by atoms with van der Waals surface area (Å²) in [4.78, 5) is 29.5. The quantitative estimate of drug-likeness (QED) is 0.659. The number of para-hydroxylation sites is 1. The number of nitrogens with zero attached hydrogens (tertiary/aromatic N) is 2. The Labute approximate surface area is 179 Å². The third-order valence-corrected chi connectivity index (χ3v) is 5.70. The van der Waals surface area contributed by atoms with E-state index in [4.69, 9.17) is 4.74 Å². The van der Waals surface area contributed by atoms with E-state index in [1.54, 1.807) is 0 Å². The van der Waals surface area contributed by atoms with Gasteiger partial charge in [0.15, 0.2) is 6.61 Å². The van der Waals surface area contributed by atoms with Gasteiger partial charge in [0.25, 0.3) is 11.8 Å². The van der Waals surface area contributed by atoms with E-state index in [0.29, 0.717) is 13.1 Å². The molecule has 0 aliphatic carbocycles. The molecular formula is C25H32N2O3. The van der Waals surface area contributed by atoms with Gasteiger partial charge in [-0.05, 0) is 49.4 Å². The van der Waals surface area contributed by atoms with Gasteiger partial charge in [-0.2, -0.15) is 0 Å². The third kappa shape index (κ3) is 5.41. The molecule has 0 atom stereocenters. The van der Waals surface area contributed by atoms with Crippen molar-refractivity contribution in [3.63, 3.8) is 0 Å². The lowest BCUT2D eigenvalue weighted by molar-refractivity contribution is -0.136. The van der Waals surface area contributed by atoms with Crippen LogP contribution in [0.4, 0.5) is 0 Å². The predicted molar refractivity (Wildman–Crippen MR) is 119 cm³/mol. The maximum atomic E-state index is 13.0. The second-order valence-electron chi connectivity index (χ2n) is 7.73. The first-order chi connectivity index (χ1) is 14.6. The zero-order valence-electron chi connectivity index (χ0n) is 18.0. The van der Waals surface area contributed by atoms with E-state index < -0.39 is 0 Å². The van der Waals surface area contributed by atoms with Gasteiger partial charge in [0.05, 0.1) is 0 Å². The van der Waals surface area contributed by atoms with Crippen molar-refractivity contribution in [1.82, 2.24) is 9.80 Å². The lowest BCUT2D eigenvalue weighted by Crippen LogP contribution is -2.50. The maximum Gasteiger partial charge on any atom is 0.260 e. The number of amides is 2. The Morgan fingerprint density at radius 3 is 2.33 bits per heavy atom. The van der Waals surface area contributed by atoms with E-state index in [0.717, 1.165) is 49.1 Å². The number of hydrogen-bond donors (Lipinski definition) is 0. The molecule has 0 radical (unpaired) electrons. The van der Waals surface area contributed by atoms with Crippen LogP contribution in [0.2, 0.25) is 0 Å². The topological polar surface area (TPSA) is 49.9 Å². The van der Waals surface area contributed by atoms with Crippen molar-refractivity contribution >= 4 is 11.8 Å². The molecule has 1 heterocycles. The summed E-state index contributed by atoms with van der Waals surface area (Å²) < 4.78 is 5.87. The number of aryl methyl sites for hydroxylation is 1. The molecule has 3 rings (SSSR count). The van der Waals surface area contributed by atoms with Crippen molar-refractivity contribution in [3.8, 4) is 5.75 Å². The predicted octanol–water partition coefficient (Wildman–Crippen LogP) is 4.17. The van der Waals surface area contributed by atoms with Gasteiger partial charge in [-0.1, -0.05) is 50.2 Å². The van der Waals surface area contributed by atoms with Crippen LogP contribution in [0.5, 0.6) is 5.75 Å². The van der Waals surface area contributed by atoms with E-state index >= 15 is 0 Å². The van der Waals surface area contributed by atoms with E-state index in [1.807, 2.05) is 64.4 Å². The summed E-state index contributed by atoms with van der Waals surface area (Å²) in [5.41, 5.74) is 1.83. The van der Waals surface area contributed by atoms with Crippen LogP contribution in [0.3, 0.4) is 0 Å². The Morgan fingerprint density at radius 1 is 1.00 bits per heavy atom. The van der Waals surface area contributed by atoms with Crippen LogP contribution in [-0.2, 0) is 11.2 Å². The molecule has 5 heteroatoms. The van der Waals surface area contributed by atoms with Crippen molar-refractivity contribution in [3.05, 3.63) is 65.7 Å². The highest BCUT2D eigenvalue weighted by atomic mass is 16.5. The van der Waals surface area contributed by atoms with Gasteiger partial charge in [-0.15, -0.1) is 0 Å². The number of piperidine rings is 1. The number of rotatable bonds is 8. The fourth-order valence-electron chi connectivity index (χ4n) is 4.05. The van der Waals surface area contributed by atoms with Crippen molar-refractivity contribution in [2.45, 2.75) is 45.6 Å². The average molecular weight is 409 g/mol. The van der Waals surface area contributed by atoms with Crippen molar-refractivity contribution in [1.29, 1.82) is 0 Å². The summed E-state index contributed by atoms with van der Waals surface area (Å²) in [5, 5.41) is 0. The Morgan fingerprint density at radius 2 is 1.67 bits per heavy atom. The summed E-state index contributed by atoms with van der Waals surface area (Å²) in [6, 6.07) is 17.4. The van der Waals surface area contributed by atoms with Crippen LogP contribution < -0.4 is 4.74 Å². The highest BCUT2D eigenvalue weighted by molar-refractivity contribution is 5.94. The van der Waals surface area contributed by atoms with Crippen molar-refractivity contribution < 1.29 is 14.3 Å². The van der Waals surface area contributed by atoms with Crippen LogP contribution in [-0.4, -0.2) is 53.9 Å². The molecule has 0 aromatic heterocycles. The molecule has 30 heavy (non-hydrogen) atoms. The lowest BCUT2D eigenvalue weighted by Gasteiger charge is -2.38. The Balaban J connectivity index is 1.57. The number of hydrogen-bond acceptors (Lipinski definition) is 3. The van der Waals surface area contributed by atoms with Gasteiger partial charge in [-0.25, -0.2) is 0 Å². The summed E-state index contributed by atoms with van der Waals surface area (Å²) >= 11 is 0. The number of benzene rings is 2. The third-order valence-electron chi connectivity index (χ3n) is 5.70. The summed E-state index contributed by atoms with van der Waals surface area (Å²) in [6.07, 6.45) is 3.38. The molecule has 0 saturated carbocycles. The highest BCUT2D eigenvalue weighted by Gasteiger charge is 2.29. The van der Waals surface area contributed by atoms with Crippen molar-refractivity contribution in [2.75, 3.05) is 26.2 Å². The molecule has 1 aliphatic rings. The largest absolute Gasteiger partial charge is 0.483 e. The van der Waals surface area contributed by atoms with Crippen LogP contribution in [0.1, 0.15) is 49.0 Å². The second-order valence-corrected chi connectivity index (χ2v) is 7.73. The SMILES string of the molecule is CCCN(C(=O)COc1ccccc1CC)C1CCN(C(=O)c2ccccc2)CC1. The average Bonchev–Trinajstić information content (AvgIpc) is 2.81. The molecule has 1 aliphatic heterocycles. The van der Waals surface area contributed by atoms with Gasteiger partial charge < -0.3 is 14.5 Å². The molecule has 2 amide bonds. The second kappa shape index (κ2) is 10.8. The first kappa shape index (κ1) is 21.9. The molecule has 1 saturated heterocycles. The molecule has 0 N–H and O–H groups in total. The van der Waals surface area contributed by atoms with Gasteiger partial charge >= 0.3 is 0 Å². The van der Waals surface area contributed by atoms with Crippen molar-refractivity contribution in [2.24, 2.45) is 0 Å². The molecule has 160 valence electrons. The van der Waals surface area contributed by atoms with E-state index in [9.17, 15) is 9.59 Å². The molecule has 0 spiro atoms. The number of ether oxygens (including phenoxy) is 1. The summed E-state index contributed by atoms with van der Waals surface area (Å²) in [7, 11) is 0. The van der Waals surface area contributed by atoms with Crippen LogP contribution in [0.25, 0.3) is 0 Å². The molecule has 1 fully saturated rings. The van der Waals surface area contributed by atoms with Gasteiger partial charge in [0.2, 0.25) is 0 Å². The summed E-state index contributed by atoms with van der Waals surface area (Å²) in [6.45, 7) is 6.28. The first-order valence-electron chi connectivity index (χ1n) is 11.0. The van der Waals surface area contributed by atoms with Gasteiger partial charge in [0.1, 0.15) is 5.75 Å². The number of carbonyl (C=O) groups excluding carboxylic acids is 2. The zero-order valence-corrected chi connectivity index (χ0v) is 18.0. The minimum absolute atomic E-state index is 0.0237. The number of carbonyl (C=O) groups is 2. The Kier molecular flexibility index (Phi) is 7.89. The van der Waals surface area contributed by atoms with Gasteiger partial charge in [-0.3, -0.25) is 9.59 Å². The number of likely N-dealkylation sites (tertiary alicyclic amines) is 1. The molecule has 0 unspecified atom stereocenters. The monoisotopic (exact) mass is 408 g/mol. The fraction of sp³-hybridized carbons (Fsp3) is 0.440. The van der Waals surface area contributed by atoms with Crippen LogP contribution in [0, 0.1) is 0 Å². The summed E-state index contributed by atoms with van der Waals surface area (Å²) in [5.74, 6) is 0.880. The van der Waals surface area contributed by atoms with E-state index in [1.165, 1.54) is 0 Å². The van der Waals surface area contributed by atoms with E-state index in [-0.39, 0.29) is 24.5 Å². The maximum absolute atomic E-state index is 13.0. The smallest absolute Gasteiger partial charge is 0.260 e. The van der Waals surface area contributed by atoms with E-state index in [2.05, 4.69) is 13.8 Å². The van der Waals surface area contributed by atoms with Crippen LogP contribution in [0.15, 0.2) is 54.6 Å². The Bertz CT molecular complexity index is 829. The molecule has 2 aromatic rings. The zero-order chi connectivity index (χ0) is 21.3. The van der Waals surface area contributed by atoms with Crippen LogP contribution >= 0.6 is 0 Å². The Hall–Kier alpha value is -2.82. The molecule has 0 bridgehead atoms. The normalized spacial score (nSPS) is 14.4. The van der Waals surface area contributed by atoms with Gasteiger partial charge in [0, 0.05) is 31.2 Å². The minimum atomic E-state index is 0.0237. The molecule has 2 aromatic carbocycles. The molecule has 5 nitrogen and oxygen atoms in total. The minimum Gasteiger partial charge on any atom is -0.483 e. The molecular weight excluding hydrogens is 376 g/mol. The highest BCUT2D eigenvalue weighted by Crippen LogP contribution is 2.21. The first-order valence-corrected chi connectivity index (χ1v) is 11.0. The fourth-order valence-corrected chi connectivity index (χ4v) is 4.05.